The number of hydrogen-bond donors (Lipinski definition) is 2. The second-order valence-corrected chi connectivity index (χ2v) is 16.6. The Labute approximate surface area is 375 Å². The van der Waals surface area contributed by atoms with Gasteiger partial charge in [0.25, 0.3) is 0 Å². The molecule has 0 aromatic heterocycles. The van der Waals surface area contributed by atoms with Crippen LogP contribution < -0.4 is 15.4 Å². The van der Waals surface area contributed by atoms with Gasteiger partial charge in [-0.25, -0.2) is 9.59 Å². The molecule has 18 heteroatoms. The van der Waals surface area contributed by atoms with Crippen LogP contribution in [0.1, 0.15) is 71.9 Å². The van der Waals surface area contributed by atoms with Gasteiger partial charge >= 0.3 is 30.8 Å². The molecule has 9 nitrogen and oxygen atoms in total. The Morgan fingerprint density at radius 1 is 0.561 bits per heavy atom. The summed E-state index contributed by atoms with van der Waals surface area (Å²) in [6, 6.07) is 32.6. The number of nitrogens with one attached hydrogen (secondary N) is 2. The zero-order valence-electron chi connectivity index (χ0n) is 35.9. The maximum Gasteiger partial charge on any atom is 0.573 e. The van der Waals surface area contributed by atoms with Gasteiger partial charge in [0.15, 0.2) is 0 Å². The number of likely N-dealkylation sites (tertiary alicyclic amines) is 2. The number of alkyl halides is 9. The molecule has 352 valence electrons. The van der Waals surface area contributed by atoms with Crippen LogP contribution in [0.5, 0.6) is 5.75 Å². The largest absolute Gasteiger partial charge is 0.573 e. The molecule has 2 aliphatic heterocycles. The van der Waals surface area contributed by atoms with E-state index in [1.807, 2.05) is 51.1 Å². The Hall–Kier alpha value is -6.27. The van der Waals surface area contributed by atoms with Gasteiger partial charge in [0.2, 0.25) is 0 Å². The molecule has 0 saturated carbocycles. The number of nitrogens with zero attached hydrogens (tertiary/aromatic N) is 2. The third kappa shape index (κ3) is 13.6. The number of amides is 4. The van der Waals surface area contributed by atoms with Gasteiger partial charge in [0.1, 0.15) is 18.0 Å². The highest BCUT2D eigenvalue weighted by molar-refractivity contribution is 5.76. The van der Waals surface area contributed by atoms with Gasteiger partial charge in [-0.2, -0.15) is 26.3 Å². The van der Waals surface area contributed by atoms with Crippen molar-refractivity contribution in [2.75, 3.05) is 26.2 Å². The first-order valence-electron chi connectivity index (χ1n) is 20.7. The fraction of sp³-hybridized carbons (Fsp3) is 0.333. The highest BCUT2D eigenvalue weighted by Crippen LogP contribution is 2.41. The fourth-order valence-electron chi connectivity index (χ4n) is 7.15. The molecule has 0 aliphatic carbocycles. The van der Waals surface area contributed by atoms with Gasteiger partial charge in [0, 0.05) is 12.1 Å². The van der Waals surface area contributed by atoms with Gasteiger partial charge in [-0.15, -0.1) is 13.2 Å². The summed E-state index contributed by atoms with van der Waals surface area (Å²) < 4.78 is 135. The van der Waals surface area contributed by atoms with Gasteiger partial charge < -0.3 is 34.6 Å². The molecule has 4 amide bonds. The zero-order valence-corrected chi connectivity index (χ0v) is 35.9. The predicted molar refractivity (Wildman–Crippen MR) is 226 cm³/mol. The number of carbonyl (C=O) groups is 2. The minimum Gasteiger partial charge on any atom is -0.406 e. The first-order valence-corrected chi connectivity index (χ1v) is 20.7. The SMILES string of the molecule is CC(C)(C)NC(=O)N1CC(OC(c2ccc(OC(F)(F)F)cc2)c2ccccc2C(F)(F)F)C1.O=C(NCc1ccccc1)N1CC(OC(c2ccccc2)c2ccccc2C(F)(F)F)C1. The van der Waals surface area contributed by atoms with Crippen molar-refractivity contribution in [3.63, 3.8) is 0 Å². The first kappa shape index (κ1) is 49.2. The molecule has 0 bridgehead atoms. The molecule has 7 rings (SSSR count). The van der Waals surface area contributed by atoms with Crippen LogP contribution in [-0.4, -0.2) is 72.2 Å². The van der Waals surface area contributed by atoms with E-state index in [2.05, 4.69) is 15.4 Å². The minimum absolute atomic E-state index is 0.0678. The highest BCUT2D eigenvalue weighted by atomic mass is 19.4. The van der Waals surface area contributed by atoms with Gasteiger partial charge in [0.05, 0.1) is 49.5 Å². The lowest BCUT2D eigenvalue weighted by Crippen LogP contribution is -2.60. The standard InChI is InChI=1S/C25H23F3N2O2.C23H24F6N2O3/c26-25(27,28)22-14-8-7-13-21(22)23(19-11-5-2-6-12-19)32-20-16-30(17-20)24(31)29-15-18-9-3-1-4-10-18;1-21(2,3)30-20(32)31-12-16(13-31)33-19(17-6-4-5-7-18(17)22(24,25)26)14-8-10-15(11-9-14)34-23(27,28)29/h1-14,20,23H,15-17H2,(H,29,31);4-11,16,19H,12-13H2,1-3H3,(H,30,32). The van der Waals surface area contributed by atoms with Gasteiger partial charge in [-0.1, -0.05) is 109 Å². The summed E-state index contributed by atoms with van der Waals surface area (Å²) >= 11 is 0. The normalized spacial score (nSPS) is 15.6. The topological polar surface area (TPSA) is 92.4 Å². The van der Waals surface area contributed by atoms with E-state index in [1.165, 1.54) is 47.4 Å². The zero-order chi connectivity index (χ0) is 47.9. The van der Waals surface area contributed by atoms with Crippen molar-refractivity contribution >= 4 is 12.1 Å². The van der Waals surface area contributed by atoms with Crippen LogP contribution in [0, 0.1) is 0 Å². The van der Waals surface area contributed by atoms with Crippen LogP contribution >= 0.6 is 0 Å². The predicted octanol–water partition coefficient (Wildman–Crippen LogP) is 11.3. The van der Waals surface area contributed by atoms with Crippen molar-refractivity contribution in [2.24, 2.45) is 0 Å². The van der Waals surface area contributed by atoms with Crippen LogP contribution in [-0.2, 0) is 28.4 Å². The summed E-state index contributed by atoms with van der Waals surface area (Å²) in [4.78, 5) is 27.7. The van der Waals surface area contributed by atoms with E-state index < -0.39 is 59.4 Å². The van der Waals surface area contributed by atoms with Crippen molar-refractivity contribution in [3.05, 3.63) is 172 Å². The quantitative estimate of drug-likeness (QED) is 0.129. The van der Waals surface area contributed by atoms with Gasteiger partial charge in [-0.3, -0.25) is 0 Å². The van der Waals surface area contributed by atoms with Crippen molar-refractivity contribution < 1.29 is 63.3 Å². The minimum atomic E-state index is -4.90. The Morgan fingerprint density at radius 3 is 1.41 bits per heavy atom. The molecule has 2 N–H and O–H groups in total. The summed E-state index contributed by atoms with van der Waals surface area (Å²) in [6.45, 7) is 6.80. The third-order valence-corrected chi connectivity index (χ3v) is 10.3. The molecule has 2 fully saturated rings. The maximum absolute atomic E-state index is 13.7. The second kappa shape index (κ2) is 20.5. The fourth-order valence-corrected chi connectivity index (χ4v) is 7.15. The molecular weight excluding hydrogens is 884 g/mol. The van der Waals surface area contributed by atoms with E-state index in [9.17, 15) is 49.1 Å². The van der Waals surface area contributed by atoms with Crippen LogP contribution in [0.25, 0.3) is 0 Å². The lowest BCUT2D eigenvalue weighted by Gasteiger charge is -2.42. The summed E-state index contributed by atoms with van der Waals surface area (Å²) in [5, 5.41) is 5.64. The Morgan fingerprint density at radius 2 is 0.970 bits per heavy atom. The Balaban J connectivity index is 0.000000219. The van der Waals surface area contributed by atoms with E-state index in [4.69, 9.17) is 9.47 Å². The number of urea groups is 2. The van der Waals surface area contributed by atoms with Gasteiger partial charge in [-0.05, 0) is 72.9 Å². The Bertz CT molecular complexity index is 2360. The highest BCUT2D eigenvalue weighted by Gasteiger charge is 2.41. The number of rotatable bonds is 11. The van der Waals surface area contributed by atoms with Crippen molar-refractivity contribution in [3.8, 4) is 5.75 Å². The Kier molecular flexibility index (Phi) is 15.3. The number of halogens is 9. The summed E-state index contributed by atoms with van der Waals surface area (Å²) in [5.74, 6) is -0.507. The van der Waals surface area contributed by atoms with Crippen molar-refractivity contribution in [2.45, 2.75) is 76.0 Å². The molecule has 0 radical (unpaired) electrons. The summed E-state index contributed by atoms with van der Waals surface area (Å²) in [7, 11) is 0. The maximum atomic E-state index is 13.7. The van der Waals surface area contributed by atoms with E-state index >= 15 is 0 Å². The molecule has 2 unspecified atom stereocenters. The molecular formula is C48H47F9N4O5. The average molecular weight is 931 g/mol. The summed E-state index contributed by atoms with van der Waals surface area (Å²) in [6.07, 6.45) is -17.1. The van der Waals surface area contributed by atoms with Crippen molar-refractivity contribution in [1.82, 2.24) is 20.4 Å². The first-order chi connectivity index (χ1) is 31.0. The molecule has 2 atom stereocenters. The van der Waals surface area contributed by atoms with E-state index in [1.54, 1.807) is 41.3 Å². The number of carbonyl (C=O) groups excluding carboxylic acids is 2. The number of hydrogen-bond acceptors (Lipinski definition) is 5. The van der Waals surface area contributed by atoms with Crippen LogP contribution in [0.4, 0.5) is 49.1 Å². The molecule has 2 aliphatic rings. The molecule has 5 aromatic rings. The van der Waals surface area contributed by atoms with Crippen LogP contribution in [0.3, 0.4) is 0 Å². The van der Waals surface area contributed by atoms with Crippen LogP contribution in [0.15, 0.2) is 133 Å². The lowest BCUT2D eigenvalue weighted by atomic mass is 9.95. The number of benzene rings is 5. The van der Waals surface area contributed by atoms with Crippen LogP contribution in [0.2, 0.25) is 0 Å². The smallest absolute Gasteiger partial charge is 0.406 e. The van der Waals surface area contributed by atoms with E-state index in [-0.39, 0.29) is 47.9 Å². The van der Waals surface area contributed by atoms with Crippen molar-refractivity contribution in [1.29, 1.82) is 0 Å². The monoisotopic (exact) mass is 930 g/mol. The molecule has 0 spiro atoms. The second-order valence-electron chi connectivity index (χ2n) is 16.6. The van der Waals surface area contributed by atoms with E-state index in [0.717, 1.165) is 29.8 Å². The molecule has 5 aromatic carbocycles. The molecule has 2 saturated heterocycles. The summed E-state index contributed by atoms with van der Waals surface area (Å²) in [5.41, 5.74) is -0.377. The van der Waals surface area contributed by atoms with E-state index in [0.29, 0.717) is 25.2 Å². The number of ether oxygens (including phenoxy) is 3. The average Bonchev–Trinajstić information content (AvgIpc) is 3.21. The third-order valence-electron chi connectivity index (χ3n) is 10.3. The molecule has 66 heavy (non-hydrogen) atoms. The lowest BCUT2D eigenvalue weighted by molar-refractivity contribution is -0.274. The molecule has 2 heterocycles.